The molecule has 0 saturated heterocycles. The molecule has 0 bridgehead atoms. The van der Waals surface area contributed by atoms with Gasteiger partial charge in [-0.15, -0.1) is 6.58 Å². The largest absolute Gasteiger partial charge is 0.465 e. The number of halogens is 2. The van der Waals surface area contributed by atoms with Gasteiger partial charge >= 0.3 is 12.0 Å². The molecular weight excluding hydrogens is 315 g/mol. The summed E-state index contributed by atoms with van der Waals surface area (Å²) in [7, 11) is 0. The average Bonchev–Trinajstić information content (AvgIpc) is 2.42. The molecule has 0 aliphatic rings. The van der Waals surface area contributed by atoms with Crippen LogP contribution in [0.15, 0.2) is 30.9 Å². The van der Waals surface area contributed by atoms with Crippen LogP contribution in [0.4, 0.5) is 10.5 Å². The van der Waals surface area contributed by atoms with Gasteiger partial charge in [0.15, 0.2) is 0 Å². The highest BCUT2D eigenvalue weighted by Crippen LogP contribution is 2.25. The van der Waals surface area contributed by atoms with Crippen molar-refractivity contribution in [3.05, 3.63) is 40.9 Å². The Labute approximate surface area is 133 Å². The predicted molar refractivity (Wildman–Crippen MR) is 83.9 cm³/mol. The van der Waals surface area contributed by atoms with Crippen LogP contribution in [0.25, 0.3) is 0 Å². The molecule has 0 aromatic heterocycles. The van der Waals surface area contributed by atoms with Gasteiger partial charge in [0.05, 0.1) is 16.7 Å². The number of nitrogens with one attached hydrogen (secondary N) is 1. The minimum absolute atomic E-state index is 0.160. The maximum absolute atomic E-state index is 12.1. The number of urea groups is 1. The van der Waals surface area contributed by atoms with Crippen LogP contribution in [0.3, 0.4) is 0 Å². The van der Waals surface area contributed by atoms with Crippen LogP contribution >= 0.6 is 23.2 Å². The second kappa shape index (κ2) is 8.54. The number of ether oxygens (including phenoxy) is 1. The van der Waals surface area contributed by atoms with Crippen molar-refractivity contribution in [1.82, 2.24) is 4.90 Å². The summed E-state index contributed by atoms with van der Waals surface area (Å²) in [5.74, 6) is -0.483. The van der Waals surface area contributed by atoms with E-state index in [0.29, 0.717) is 15.7 Å². The van der Waals surface area contributed by atoms with E-state index in [1.165, 1.54) is 17.0 Å². The molecule has 0 saturated carbocycles. The van der Waals surface area contributed by atoms with Gasteiger partial charge in [-0.25, -0.2) is 4.79 Å². The quantitative estimate of drug-likeness (QED) is 0.640. The van der Waals surface area contributed by atoms with E-state index in [4.69, 9.17) is 27.9 Å². The summed E-state index contributed by atoms with van der Waals surface area (Å²) in [6.07, 6.45) is 1.52. The van der Waals surface area contributed by atoms with Crippen LogP contribution in [0.5, 0.6) is 0 Å². The zero-order valence-electron chi connectivity index (χ0n) is 11.6. The summed E-state index contributed by atoms with van der Waals surface area (Å²) in [6.45, 7) is 5.57. The molecular formula is C14H16Cl2N2O3. The number of nitrogens with zero attached hydrogens (tertiary/aromatic N) is 1. The first-order chi connectivity index (χ1) is 9.97. The average molecular weight is 331 g/mol. The van der Waals surface area contributed by atoms with E-state index >= 15 is 0 Å². The van der Waals surface area contributed by atoms with Crippen LogP contribution in [0.2, 0.25) is 10.0 Å². The standard InChI is InChI=1S/C14H16Cl2N2O3/c1-3-7-18(9-13(19)21-4-2)14(20)17-10-5-6-11(15)12(16)8-10/h3,5-6,8H,1,4,7,9H2,2H3,(H,17,20). The van der Waals surface area contributed by atoms with Crippen LogP contribution in [0, 0.1) is 0 Å². The molecule has 0 radical (unpaired) electrons. The fourth-order valence-corrected chi connectivity index (χ4v) is 1.81. The van der Waals surface area contributed by atoms with Crippen LogP contribution < -0.4 is 5.32 Å². The van der Waals surface area contributed by atoms with Gasteiger partial charge in [0.1, 0.15) is 6.54 Å². The number of hydrogen-bond acceptors (Lipinski definition) is 3. The lowest BCUT2D eigenvalue weighted by Crippen LogP contribution is -2.39. The van der Waals surface area contributed by atoms with Crippen molar-refractivity contribution in [2.45, 2.75) is 6.92 Å². The number of hydrogen-bond donors (Lipinski definition) is 1. The van der Waals surface area contributed by atoms with Gasteiger partial charge in [-0.05, 0) is 25.1 Å². The van der Waals surface area contributed by atoms with Crippen molar-refractivity contribution < 1.29 is 14.3 Å². The van der Waals surface area contributed by atoms with Crippen molar-refractivity contribution in [1.29, 1.82) is 0 Å². The molecule has 1 aromatic rings. The monoisotopic (exact) mass is 330 g/mol. The maximum Gasteiger partial charge on any atom is 0.325 e. The smallest absolute Gasteiger partial charge is 0.325 e. The molecule has 2 amide bonds. The van der Waals surface area contributed by atoms with Crippen molar-refractivity contribution in [3.63, 3.8) is 0 Å². The summed E-state index contributed by atoms with van der Waals surface area (Å²) in [6, 6.07) is 4.25. The minimum atomic E-state index is -0.483. The molecule has 1 aromatic carbocycles. The van der Waals surface area contributed by atoms with E-state index < -0.39 is 12.0 Å². The number of amides is 2. The maximum atomic E-state index is 12.1. The normalized spacial score (nSPS) is 9.86. The molecule has 7 heteroatoms. The van der Waals surface area contributed by atoms with E-state index in [1.807, 2.05) is 0 Å². The third-order valence-corrected chi connectivity index (χ3v) is 3.17. The van der Waals surface area contributed by atoms with Gasteiger partial charge in [-0.1, -0.05) is 29.3 Å². The van der Waals surface area contributed by atoms with Crippen LogP contribution in [-0.2, 0) is 9.53 Å². The lowest BCUT2D eigenvalue weighted by Gasteiger charge is -2.20. The number of anilines is 1. The highest BCUT2D eigenvalue weighted by molar-refractivity contribution is 6.42. The third-order valence-electron chi connectivity index (χ3n) is 2.43. The highest BCUT2D eigenvalue weighted by atomic mass is 35.5. The summed E-state index contributed by atoms with van der Waals surface area (Å²) in [5, 5.41) is 3.35. The first-order valence-corrected chi connectivity index (χ1v) is 7.01. The zero-order valence-corrected chi connectivity index (χ0v) is 13.1. The van der Waals surface area contributed by atoms with Crippen molar-refractivity contribution >= 4 is 40.9 Å². The molecule has 21 heavy (non-hydrogen) atoms. The Balaban J connectivity index is 2.73. The Hall–Kier alpha value is -1.72. The van der Waals surface area contributed by atoms with Gasteiger partial charge in [-0.2, -0.15) is 0 Å². The molecule has 1 N–H and O–H groups in total. The second-order valence-electron chi connectivity index (χ2n) is 4.03. The fourth-order valence-electron chi connectivity index (χ4n) is 1.51. The molecule has 0 aliphatic heterocycles. The van der Waals surface area contributed by atoms with Gasteiger partial charge in [0.2, 0.25) is 0 Å². The molecule has 0 aliphatic carbocycles. The van der Waals surface area contributed by atoms with Gasteiger partial charge in [0, 0.05) is 12.2 Å². The van der Waals surface area contributed by atoms with Crippen molar-refractivity contribution in [2.75, 3.05) is 25.0 Å². The Morgan fingerprint density at radius 3 is 2.67 bits per heavy atom. The minimum Gasteiger partial charge on any atom is -0.465 e. The lowest BCUT2D eigenvalue weighted by molar-refractivity contribution is -0.143. The lowest BCUT2D eigenvalue weighted by atomic mass is 10.3. The SMILES string of the molecule is C=CCN(CC(=O)OCC)C(=O)Nc1ccc(Cl)c(Cl)c1. The first kappa shape index (κ1) is 17.3. The van der Waals surface area contributed by atoms with Crippen molar-refractivity contribution in [3.8, 4) is 0 Å². The number of carbonyl (C=O) groups is 2. The molecule has 0 fully saturated rings. The first-order valence-electron chi connectivity index (χ1n) is 6.25. The summed E-state index contributed by atoms with van der Waals surface area (Å²) in [5.41, 5.74) is 0.479. The van der Waals surface area contributed by atoms with E-state index in [2.05, 4.69) is 11.9 Å². The van der Waals surface area contributed by atoms with Gasteiger partial charge in [-0.3, -0.25) is 4.79 Å². The number of carbonyl (C=O) groups excluding carboxylic acids is 2. The summed E-state index contributed by atoms with van der Waals surface area (Å²) < 4.78 is 4.82. The number of rotatable bonds is 6. The van der Waals surface area contributed by atoms with Crippen LogP contribution in [-0.4, -0.2) is 36.6 Å². The second-order valence-corrected chi connectivity index (χ2v) is 4.85. The summed E-state index contributed by atoms with van der Waals surface area (Å²) >= 11 is 11.7. The highest BCUT2D eigenvalue weighted by Gasteiger charge is 2.17. The van der Waals surface area contributed by atoms with Gasteiger partial charge < -0.3 is 15.0 Å². The molecule has 0 unspecified atom stereocenters. The molecule has 0 atom stereocenters. The number of esters is 1. The summed E-state index contributed by atoms with van der Waals surface area (Å²) in [4.78, 5) is 24.9. The Morgan fingerprint density at radius 2 is 2.10 bits per heavy atom. The number of benzene rings is 1. The van der Waals surface area contributed by atoms with Crippen LogP contribution in [0.1, 0.15) is 6.92 Å². The Bertz CT molecular complexity index is 535. The molecule has 114 valence electrons. The third kappa shape index (κ3) is 5.65. The molecule has 0 spiro atoms. The van der Waals surface area contributed by atoms with E-state index in [1.54, 1.807) is 19.1 Å². The zero-order chi connectivity index (χ0) is 15.8. The fraction of sp³-hybridized carbons (Fsp3) is 0.286. The molecule has 0 heterocycles. The topological polar surface area (TPSA) is 58.6 Å². The van der Waals surface area contributed by atoms with Crippen molar-refractivity contribution in [2.24, 2.45) is 0 Å². The van der Waals surface area contributed by atoms with E-state index in [-0.39, 0.29) is 19.7 Å². The molecule has 5 nitrogen and oxygen atoms in total. The Kier molecular flexibility index (Phi) is 7.05. The van der Waals surface area contributed by atoms with Gasteiger partial charge in [0.25, 0.3) is 0 Å². The predicted octanol–water partition coefficient (Wildman–Crippen LogP) is 3.58. The van der Waals surface area contributed by atoms with E-state index in [9.17, 15) is 9.59 Å². The van der Waals surface area contributed by atoms with E-state index in [0.717, 1.165) is 0 Å². The molecule has 1 rings (SSSR count). The Morgan fingerprint density at radius 1 is 1.38 bits per heavy atom.